The maximum absolute atomic E-state index is 12.8. The third kappa shape index (κ3) is 3.57. The van der Waals surface area contributed by atoms with Crippen molar-refractivity contribution < 1.29 is 19.1 Å². The molecule has 0 N–H and O–H groups in total. The van der Waals surface area contributed by atoms with Crippen molar-refractivity contribution in [2.45, 2.75) is 13.0 Å². The molecule has 1 saturated heterocycles. The number of imide groups is 1. The SMILES string of the molecule is COc1cc(/C=N\N2C(=O)[C@@H]3[C@@H](C2=O)[C@H]2C=C[C@@H]3C2)cc(Cl)c1OCc1ccc(Cl)cc1. The highest BCUT2D eigenvalue weighted by molar-refractivity contribution is 6.32. The number of ether oxygens (including phenoxy) is 2. The van der Waals surface area contributed by atoms with Crippen LogP contribution in [0.5, 0.6) is 11.5 Å². The summed E-state index contributed by atoms with van der Waals surface area (Å²) in [5, 5.41) is 6.18. The standard InChI is InChI=1S/C24H20Cl2N2O4/c1-31-19-9-14(8-18(26)22(19)32-12-13-2-6-17(25)7-3-13)11-27-28-23(29)20-15-4-5-16(10-15)21(20)24(28)30/h2-9,11,15-16,20-21H,10,12H2,1H3/b27-11-/t15-,16+,20-,21-/m0/s1. The fourth-order valence-corrected chi connectivity index (χ4v) is 5.21. The summed E-state index contributed by atoms with van der Waals surface area (Å²) in [5.74, 6) is 0.0930. The Labute approximate surface area is 195 Å². The van der Waals surface area contributed by atoms with E-state index in [0.717, 1.165) is 17.0 Å². The van der Waals surface area contributed by atoms with E-state index in [-0.39, 0.29) is 42.1 Å². The summed E-state index contributed by atoms with van der Waals surface area (Å²) in [4.78, 5) is 25.5. The Bertz CT molecular complexity index is 1120. The fourth-order valence-electron chi connectivity index (χ4n) is 4.82. The van der Waals surface area contributed by atoms with Gasteiger partial charge in [-0.05, 0) is 53.6 Å². The smallest absolute Gasteiger partial charge is 0.254 e. The first kappa shape index (κ1) is 21.0. The van der Waals surface area contributed by atoms with Gasteiger partial charge < -0.3 is 9.47 Å². The van der Waals surface area contributed by atoms with Crippen molar-refractivity contribution in [1.82, 2.24) is 5.01 Å². The number of hydrogen-bond acceptors (Lipinski definition) is 5. The molecule has 4 atom stereocenters. The van der Waals surface area contributed by atoms with Gasteiger partial charge in [-0.25, -0.2) is 0 Å². The van der Waals surface area contributed by atoms with Crippen LogP contribution in [0.4, 0.5) is 0 Å². The summed E-state index contributed by atoms with van der Waals surface area (Å²) < 4.78 is 11.3. The van der Waals surface area contributed by atoms with Crippen LogP contribution in [-0.2, 0) is 16.2 Å². The molecule has 0 unspecified atom stereocenters. The molecule has 2 aromatic rings. The highest BCUT2D eigenvalue weighted by atomic mass is 35.5. The molecule has 164 valence electrons. The van der Waals surface area contributed by atoms with Gasteiger partial charge in [0.2, 0.25) is 0 Å². The van der Waals surface area contributed by atoms with Crippen LogP contribution in [0.25, 0.3) is 0 Å². The van der Waals surface area contributed by atoms with Gasteiger partial charge in [-0.2, -0.15) is 10.1 Å². The van der Waals surface area contributed by atoms with E-state index in [2.05, 4.69) is 17.3 Å². The van der Waals surface area contributed by atoms with Crippen LogP contribution in [0.2, 0.25) is 10.0 Å². The first-order valence-electron chi connectivity index (χ1n) is 10.3. The number of allylic oxidation sites excluding steroid dienone is 2. The lowest BCUT2D eigenvalue weighted by Gasteiger charge is -2.14. The maximum atomic E-state index is 12.8. The largest absolute Gasteiger partial charge is 0.493 e. The van der Waals surface area contributed by atoms with Crippen LogP contribution in [0.3, 0.4) is 0 Å². The quantitative estimate of drug-likeness (QED) is 0.347. The monoisotopic (exact) mass is 470 g/mol. The number of benzene rings is 2. The number of hydrazone groups is 1. The molecule has 32 heavy (non-hydrogen) atoms. The topological polar surface area (TPSA) is 68.2 Å². The Morgan fingerprint density at radius 3 is 2.34 bits per heavy atom. The Balaban J connectivity index is 1.33. The second kappa shape index (κ2) is 8.26. The minimum absolute atomic E-state index is 0.147. The Morgan fingerprint density at radius 2 is 1.72 bits per heavy atom. The molecular weight excluding hydrogens is 451 g/mol. The molecule has 1 heterocycles. The second-order valence-corrected chi connectivity index (χ2v) is 9.03. The molecule has 5 rings (SSSR count). The minimum atomic E-state index is -0.281. The zero-order valence-electron chi connectivity index (χ0n) is 17.2. The number of carbonyl (C=O) groups excluding carboxylic acids is 2. The van der Waals surface area contributed by atoms with Gasteiger partial charge in [-0.3, -0.25) is 9.59 Å². The van der Waals surface area contributed by atoms with E-state index in [1.807, 2.05) is 12.1 Å². The van der Waals surface area contributed by atoms with Crippen molar-refractivity contribution in [2.24, 2.45) is 28.8 Å². The second-order valence-electron chi connectivity index (χ2n) is 8.18. The lowest BCUT2D eigenvalue weighted by Crippen LogP contribution is -2.28. The van der Waals surface area contributed by atoms with Crippen LogP contribution >= 0.6 is 23.2 Å². The number of hydrogen-bond donors (Lipinski definition) is 0. The molecule has 2 aliphatic carbocycles. The number of nitrogens with zero attached hydrogens (tertiary/aromatic N) is 2. The van der Waals surface area contributed by atoms with E-state index in [4.69, 9.17) is 32.7 Å². The van der Waals surface area contributed by atoms with Gasteiger partial charge in [0.1, 0.15) is 6.61 Å². The van der Waals surface area contributed by atoms with Gasteiger partial charge in [-0.1, -0.05) is 47.5 Å². The molecule has 6 nitrogen and oxygen atoms in total. The van der Waals surface area contributed by atoms with Gasteiger partial charge in [0.15, 0.2) is 11.5 Å². The summed E-state index contributed by atoms with van der Waals surface area (Å²) in [6.45, 7) is 0.288. The minimum Gasteiger partial charge on any atom is -0.493 e. The first-order chi connectivity index (χ1) is 15.5. The first-order valence-corrected chi connectivity index (χ1v) is 11.1. The van der Waals surface area contributed by atoms with E-state index in [0.29, 0.717) is 27.1 Å². The van der Waals surface area contributed by atoms with Crippen molar-refractivity contribution in [3.63, 3.8) is 0 Å². The lowest BCUT2D eigenvalue weighted by molar-refractivity contribution is -0.140. The Hall–Kier alpha value is -2.83. The molecule has 2 aromatic carbocycles. The number of fused-ring (bicyclic) bond motifs is 5. The molecule has 0 spiro atoms. The van der Waals surface area contributed by atoms with Gasteiger partial charge in [0.05, 0.1) is 30.2 Å². The summed E-state index contributed by atoms with van der Waals surface area (Å²) in [7, 11) is 1.51. The van der Waals surface area contributed by atoms with Crippen LogP contribution in [0, 0.1) is 23.7 Å². The predicted octanol–water partition coefficient (Wildman–Crippen LogP) is 4.72. The van der Waals surface area contributed by atoms with Gasteiger partial charge in [0.25, 0.3) is 11.8 Å². The average Bonchev–Trinajstić information content (AvgIpc) is 3.46. The highest BCUT2D eigenvalue weighted by Gasteiger charge is 2.59. The molecule has 2 bridgehead atoms. The van der Waals surface area contributed by atoms with Crippen LogP contribution in [0.15, 0.2) is 53.7 Å². The summed E-state index contributed by atoms with van der Waals surface area (Å²) in [6.07, 6.45) is 6.44. The summed E-state index contributed by atoms with van der Waals surface area (Å²) in [6, 6.07) is 10.7. The van der Waals surface area contributed by atoms with Gasteiger partial charge in [0, 0.05) is 5.02 Å². The van der Waals surface area contributed by atoms with Crippen LogP contribution in [-0.4, -0.2) is 30.1 Å². The third-order valence-electron chi connectivity index (χ3n) is 6.32. The molecule has 2 amide bonds. The Kier molecular flexibility index (Phi) is 5.43. The van der Waals surface area contributed by atoms with Crippen LogP contribution in [0.1, 0.15) is 17.5 Å². The number of halogens is 2. The number of methoxy groups -OCH3 is 1. The number of carbonyl (C=O) groups is 2. The third-order valence-corrected chi connectivity index (χ3v) is 6.85. The zero-order valence-corrected chi connectivity index (χ0v) is 18.7. The normalized spacial score (nSPS) is 25.8. The molecule has 2 fully saturated rings. The highest BCUT2D eigenvalue weighted by Crippen LogP contribution is 2.52. The van der Waals surface area contributed by atoms with E-state index in [1.54, 1.807) is 24.3 Å². The molecule has 1 saturated carbocycles. The molecule has 0 aromatic heterocycles. The lowest BCUT2D eigenvalue weighted by atomic mass is 9.85. The maximum Gasteiger partial charge on any atom is 0.254 e. The van der Waals surface area contributed by atoms with Crippen molar-refractivity contribution in [2.75, 3.05) is 7.11 Å². The van der Waals surface area contributed by atoms with Crippen LogP contribution < -0.4 is 9.47 Å². The molecule has 8 heteroatoms. The molecule has 1 aliphatic heterocycles. The van der Waals surface area contributed by atoms with Gasteiger partial charge >= 0.3 is 0 Å². The summed E-state index contributed by atoms with van der Waals surface area (Å²) in [5.41, 5.74) is 1.52. The number of rotatable bonds is 6. The van der Waals surface area contributed by atoms with Crippen molar-refractivity contribution in [3.8, 4) is 11.5 Å². The van der Waals surface area contributed by atoms with E-state index < -0.39 is 0 Å². The predicted molar refractivity (Wildman–Crippen MR) is 121 cm³/mol. The van der Waals surface area contributed by atoms with Crippen molar-refractivity contribution in [3.05, 3.63) is 69.7 Å². The molecule has 0 radical (unpaired) electrons. The molecular formula is C24H20Cl2N2O4. The molecule has 3 aliphatic rings. The van der Waals surface area contributed by atoms with Crippen molar-refractivity contribution >= 4 is 41.2 Å². The zero-order chi connectivity index (χ0) is 22.4. The summed E-state index contributed by atoms with van der Waals surface area (Å²) >= 11 is 12.4. The van der Waals surface area contributed by atoms with E-state index >= 15 is 0 Å². The van der Waals surface area contributed by atoms with Gasteiger partial charge in [-0.15, -0.1) is 0 Å². The fraction of sp³-hybridized carbons (Fsp3) is 0.292. The average molecular weight is 471 g/mol. The van der Waals surface area contributed by atoms with E-state index in [9.17, 15) is 9.59 Å². The van der Waals surface area contributed by atoms with Crippen molar-refractivity contribution in [1.29, 1.82) is 0 Å². The number of amides is 2. The Morgan fingerprint density at radius 1 is 1.06 bits per heavy atom. The van der Waals surface area contributed by atoms with E-state index in [1.165, 1.54) is 13.3 Å².